The summed E-state index contributed by atoms with van der Waals surface area (Å²) in [5.74, 6) is -0.289. The van der Waals surface area contributed by atoms with Crippen LogP contribution in [0.1, 0.15) is 85.5 Å². The summed E-state index contributed by atoms with van der Waals surface area (Å²) in [6.45, 7) is 8.09. The second-order valence-electron chi connectivity index (χ2n) is 11.9. The highest BCUT2D eigenvalue weighted by Gasteiger charge is 2.43. The number of aliphatic hydroxyl groups is 2. The molecule has 5 unspecified atom stereocenters. The molecule has 5 atom stereocenters. The molecule has 0 saturated carbocycles. The predicted octanol–water partition coefficient (Wildman–Crippen LogP) is 2.95. The van der Waals surface area contributed by atoms with Gasteiger partial charge in [-0.25, -0.2) is 15.0 Å². The number of nitrogens with one attached hydrogen (secondary N) is 4. The molecule has 1 fully saturated rings. The molecule has 12 nitrogen and oxygen atoms in total. The molecule has 2 aromatic heterocycles. The van der Waals surface area contributed by atoms with Crippen LogP contribution in [-0.2, 0) is 14.3 Å². The molecule has 41 heavy (non-hydrogen) atoms. The maximum absolute atomic E-state index is 12.5. The number of anilines is 1. The maximum atomic E-state index is 12.5. The first-order valence-electron chi connectivity index (χ1n) is 14.7. The number of carbonyl (C=O) groups excluding carboxylic acids is 2. The molecule has 6 N–H and O–H groups in total. The number of hydrogen-bond acceptors (Lipinski definition) is 9. The Morgan fingerprint density at radius 1 is 1.00 bits per heavy atom. The van der Waals surface area contributed by atoms with Crippen molar-refractivity contribution in [3.63, 3.8) is 0 Å². The third-order valence-electron chi connectivity index (χ3n) is 7.06. The highest BCUT2D eigenvalue weighted by molar-refractivity contribution is 5.85. The van der Waals surface area contributed by atoms with Gasteiger partial charge < -0.3 is 35.9 Å². The Balaban J connectivity index is 1.28. The van der Waals surface area contributed by atoms with Gasteiger partial charge in [0.1, 0.15) is 24.1 Å². The van der Waals surface area contributed by atoms with Crippen molar-refractivity contribution < 1.29 is 24.5 Å². The molecule has 0 aliphatic carbocycles. The van der Waals surface area contributed by atoms with E-state index in [-0.39, 0.29) is 17.9 Å². The van der Waals surface area contributed by atoms with E-state index in [1.807, 2.05) is 0 Å². The van der Waals surface area contributed by atoms with Gasteiger partial charge in [-0.1, -0.05) is 65.0 Å². The van der Waals surface area contributed by atoms with Crippen LogP contribution in [0.15, 0.2) is 24.8 Å². The summed E-state index contributed by atoms with van der Waals surface area (Å²) < 4.78 is 5.85. The number of amides is 2. The van der Waals surface area contributed by atoms with Crippen LogP contribution in [0.2, 0.25) is 0 Å². The Hall–Kier alpha value is -3.09. The number of allylic oxidation sites excluding steroid dienone is 2. The van der Waals surface area contributed by atoms with E-state index in [4.69, 9.17) is 4.74 Å². The number of carbonyl (C=O) groups is 2. The van der Waals surface area contributed by atoms with Gasteiger partial charge in [-0.15, -0.1) is 0 Å². The smallest absolute Gasteiger partial charge is 0.239 e. The molecule has 3 heterocycles. The largest absolute Gasteiger partial charge is 0.388 e. The van der Waals surface area contributed by atoms with E-state index in [1.54, 1.807) is 6.92 Å². The predicted molar refractivity (Wildman–Crippen MR) is 157 cm³/mol. The second kappa shape index (κ2) is 15.8. The number of rotatable bonds is 15. The van der Waals surface area contributed by atoms with Gasteiger partial charge in [0.05, 0.1) is 25.0 Å². The molecular formula is C29H47N7O5. The van der Waals surface area contributed by atoms with E-state index in [2.05, 4.69) is 68.8 Å². The molecule has 228 valence electrons. The summed E-state index contributed by atoms with van der Waals surface area (Å²) >= 11 is 0. The van der Waals surface area contributed by atoms with E-state index >= 15 is 0 Å². The molecule has 3 rings (SSSR count). The Morgan fingerprint density at radius 3 is 2.44 bits per heavy atom. The van der Waals surface area contributed by atoms with Crippen molar-refractivity contribution >= 4 is 28.8 Å². The average Bonchev–Trinajstić information content (AvgIpc) is 3.41. The third-order valence-corrected chi connectivity index (χ3v) is 7.06. The minimum absolute atomic E-state index is 0.182. The first-order valence-corrected chi connectivity index (χ1v) is 14.7. The summed E-state index contributed by atoms with van der Waals surface area (Å²) in [7, 11) is 0. The summed E-state index contributed by atoms with van der Waals surface area (Å²) in [5, 5.41) is 29.6. The van der Waals surface area contributed by atoms with Crippen LogP contribution in [0.3, 0.4) is 0 Å². The molecule has 0 spiro atoms. The van der Waals surface area contributed by atoms with Crippen LogP contribution in [0.25, 0.3) is 11.2 Å². The lowest BCUT2D eigenvalue weighted by molar-refractivity contribution is -0.172. The summed E-state index contributed by atoms with van der Waals surface area (Å²) in [4.78, 5) is 39.8. The topological polar surface area (TPSA) is 174 Å². The molecule has 1 saturated heterocycles. The Bertz CT molecular complexity index is 1130. The van der Waals surface area contributed by atoms with Crippen molar-refractivity contribution in [2.75, 3.05) is 11.9 Å². The maximum Gasteiger partial charge on any atom is 0.239 e. The SMILES string of the molecule is CC1OC(Nc2ncnc3nc[nH]c23)C(O)C(O)C1NC(=O)CNC(=O)CCCCCCCCCC=CC(C)(C)C. The lowest BCUT2D eigenvalue weighted by atomic mass is 9.95. The average molecular weight is 574 g/mol. The minimum Gasteiger partial charge on any atom is -0.388 e. The molecule has 12 heteroatoms. The van der Waals surface area contributed by atoms with Gasteiger partial charge in [0.25, 0.3) is 0 Å². The minimum atomic E-state index is -1.36. The van der Waals surface area contributed by atoms with E-state index < -0.39 is 36.5 Å². The fourth-order valence-electron chi connectivity index (χ4n) is 4.77. The lowest BCUT2D eigenvalue weighted by Crippen LogP contribution is -2.64. The molecule has 0 radical (unpaired) electrons. The van der Waals surface area contributed by atoms with E-state index in [0.717, 1.165) is 25.7 Å². The van der Waals surface area contributed by atoms with Crippen LogP contribution >= 0.6 is 0 Å². The summed E-state index contributed by atoms with van der Waals surface area (Å²) in [5.41, 5.74) is 1.23. The fourth-order valence-corrected chi connectivity index (χ4v) is 4.77. The van der Waals surface area contributed by atoms with Gasteiger partial charge >= 0.3 is 0 Å². The molecule has 1 aliphatic heterocycles. The number of hydrogen-bond donors (Lipinski definition) is 6. The number of ether oxygens (including phenoxy) is 1. The summed E-state index contributed by atoms with van der Waals surface area (Å²) in [6, 6.07) is -0.862. The lowest BCUT2D eigenvalue weighted by Gasteiger charge is -2.42. The quantitative estimate of drug-likeness (QED) is 0.138. The van der Waals surface area contributed by atoms with Gasteiger partial charge in [0.15, 0.2) is 17.7 Å². The number of H-pyrrole nitrogens is 1. The molecular weight excluding hydrogens is 526 g/mol. The van der Waals surface area contributed by atoms with E-state index in [9.17, 15) is 19.8 Å². The zero-order valence-corrected chi connectivity index (χ0v) is 24.7. The van der Waals surface area contributed by atoms with Gasteiger partial charge in [-0.2, -0.15) is 0 Å². The van der Waals surface area contributed by atoms with E-state index in [1.165, 1.54) is 38.3 Å². The number of nitrogens with zero attached hydrogens (tertiary/aromatic N) is 3. The first-order chi connectivity index (χ1) is 19.5. The molecule has 2 amide bonds. The first kappa shape index (κ1) is 32.4. The third kappa shape index (κ3) is 10.7. The van der Waals surface area contributed by atoms with Crippen LogP contribution < -0.4 is 16.0 Å². The van der Waals surface area contributed by atoms with Crippen LogP contribution in [0.4, 0.5) is 5.82 Å². The summed E-state index contributed by atoms with van der Waals surface area (Å²) in [6.07, 6.45) is 12.3. The van der Waals surface area contributed by atoms with Crippen molar-refractivity contribution in [2.24, 2.45) is 5.41 Å². The molecule has 0 bridgehead atoms. The fraction of sp³-hybridized carbons (Fsp3) is 0.690. The Kier molecular flexibility index (Phi) is 12.5. The molecule has 1 aliphatic rings. The standard InChI is InChI=1S/C29H47N7O5/c1-19-22(24(39)25(40)28(41-19)36-27-23-26(32-17-31-23)33-18-34-27)35-21(38)16-30-20(37)14-12-10-8-6-5-7-9-11-13-15-29(2,3)4/h13,15,17-19,22,24-25,28,39-40H,5-12,14,16H2,1-4H3,(H,30,37)(H,35,38)(H2,31,32,33,34,36). The van der Waals surface area contributed by atoms with Crippen molar-refractivity contribution in [1.29, 1.82) is 0 Å². The highest BCUT2D eigenvalue weighted by atomic mass is 16.5. The van der Waals surface area contributed by atoms with Gasteiger partial charge in [0.2, 0.25) is 11.8 Å². The van der Waals surface area contributed by atoms with Gasteiger partial charge in [-0.3, -0.25) is 9.59 Å². The number of aliphatic hydroxyl groups excluding tert-OH is 2. The second-order valence-corrected chi connectivity index (χ2v) is 11.9. The Labute approximate surface area is 242 Å². The van der Waals surface area contributed by atoms with Crippen molar-refractivity contribution in [2.45, 2.75) is 116 Å². The van der Waals surface area contributed by atoms with Gasteiger partial charge in [0, 0.05) is 6.42 Å². The van der Waals surface area contributed by atoms with Crippen LogP contribution in [0, 0.1) is 5.41 Å². The zero-order chi connectivity index (χ0) is 29.8. The highest BCUT2D eigenvalue weighted by Crippen LogP contribution is 2.24. The Morgan fingerprint density at radius 2 is 1.71 bits per heavy atom. The number of imidazole rings is 1. The van der Waals surface area contributed by atoms with Crippen molar-refractivity contribution in [3.8, 4) is 0 Å². The number of aromatic nitrogens is 4. The molecule has 2 aromatic rings. The van der Waals surface area contributed by atoms with Crippen molar-refractivity contribution in [1.82, 2.24) is 30.6 Å². The van der Waals surface area contributed by atoms with Crippen LogP contribution in [0.5, 0.6) is 0 Å². The van der Waals surface area contributed by atoms with Crippen molar-refractivity contribution in [3.05, 3.63) is 24.8 Å². The van der Waals surface area contributed by atoms with E-state index in [0.29, 0.717) is 23.4 Å². The number of fused-ring (bicyclic) bond motifs is 1. The monoisotopic (exact) mass is 573 g/mol. The normalized spacial score (nSPS) is 23.1. The number of aromatic amines is 1. The number of unbranched alkanes of at least 4 members (excludes halogenated alkanes) is 7. The zero-order valence-electron chi connectivity index (χ0n) is 24.7. The molecule has 0 aromatic carbocycles. The van der Waals surface area contributed by atoms with Gasteiger partial charge in [-0.05, 0) is 31.6 Å². The van der Waals surface area contributed by atoms with Crippen LogP contribution in [-0.4, -0.2) is 79.1 Å².